The lowest BCUT2D eigenvalue weighted by Gasteiger charge is -2.56. The van der Waals surface area contributed by atoms with Crippen molar-refractivity contribution in [1.29, 1.82) is 0 Å². The third-order valence-corrected chi connectivity index (χ3v) is 7.92. The van der Waals surface area contributed by atoms with Crippen molar-refractivity contribution >= 4 is 23.7 Å². The van der Waals surface area contributed by atoms with Crippen LogP contribution in [0.4, 0.5) is 4.79 Å². The SMILES string of the molecule is COCCn1c(SCC(=O)NC(=O)NC23CC4CC(CC(C4)C2)C3)nc(C)c1C. The summed E-state index contributed by atoms with van der Waals surface area (Å²) in [7, 11) is 1.67. The second-order valence-electron chi connectivity index (χ2n) is 9.20. The topological polar surface area (TPSA) is 85.2 Å². The Morgan fingerprint density at radius 1 is 1.17 bits per heavy atom. The van der Waals surface area contributed by atoms with E-state index in [1.165, 1.54) is 31.0 Å². The molecule has 7 nitrogen and oxygen atoms in total. The Kier molecular flexibility index (Phi) is 5.93. The molecule has 5 rings (SSSR count). The van der Waals surface area contributed by atoms with Gasteiger partial charge >= 0.3 is 6.03 Å². The smallest absolute Gasteiger partial charge is 0.321 e. The van der Waals surface area contributed by atoms with Gasteiger partial charge in [0.05, 0.1) is 18.1 Å². The standard InChI is InChI=1S/C21H32N4O3S/c1-13-14(2)25(4-5-28-3)20(22-13)29-12-18(26)23-19(27)24-21-9-15-6-16(10-21)8-17(7-15)11-21/h15-17H,4-12H2,1-3H3,(H2,23,24,26,27). The number of carbonyl (C=O) groups is 2. The van der Waals surface area contributed by atoms with Crippen molar-refractivity contribution < 1.29 is 14.3 Å². The summed E-state index contributed by atoms with van der Waals surface area (Å²) < 4.78 is 7.23. The number of nitrogens with zero attached hydrogens (tertiary/aromatic N) is 2. The van der Waals surface area contributed by atoms with Gasteiger partial charge in [0.2, 0.25) is 5.91 Å². The minimum absolute atomic E-state index is 0.0864. The molecule has 0 radical (unpaired) electrons. The molecular formula is C21H32N4O3S. The van der Waals surface area contributed by atoms with Crippen molar-refractivity contribution in [2.24, 2.45) is 17.8 Å². The number of aryl methyl sites for hydroxylation is 1. The molecule has 2 N–H and O–H groups in total. The van der Waals surface area contributed by atoms with Crippen molar-refractivity contribution in [2.75, 3.05) is 19.5 Å². The molecule has 4 aliphatic rings. The molecule has 1 aromatic heterocycles. The first-order chi connectivity index (χ1) is 13.9. The zero-order valence-electron chi connectivity index (χ0n) is 17.6. The van der Waals surface area contributed by atoms with Crippen molar-refractivity contribution in [2.45, 2.75) is 69.6 Å². The number of carbonyl (C=O) groups excluding carboxylic acids is 2. The van der Waals surface area contributed by atoms with Gasteiger partial charge in [0.25, 0.3) is 0 Å². The van der Waals surface area contributed by atoms with E-state index >= 15 is 0 Å². The van der Waals surface area contributed by atoms with E-state index in [0.717, 1.165) is 53.6 Å². The molecular weight excluding hydrogens is 388 g/mol. The van der Waals surface area contributed by atoms with Gasteiger partial charge in [-0.2, -0.15) is 0 Å². The van der Waals surface area contributed by atoms with E-state index in [-0.39, 0.29) is 23.2 Å². The van der Waals surface area contributed by atoms with Gasteiger partial charge in [-0.05, 0) is 70.1 Å². The Bertz CT molecular complexity index is 756. The number of methoxy groups -OCH3 is 1. The van der Waals surface area contributed by atoms with Crippen molar-refractivity contribution in [3.63, 3.8) is 0 Å². The lowest BCUT2D eigenvalue weighted by molar-refractivity contribution is -0.117. The minimum atomic E-state index is -0.340. The predicted octanol–water partition coefficient (Wildman–Crippen LogP) is 3.03. The van der Waals surface area contributed by atoms with Crippen LogP contribution in [0.5, 0.6) is 0 Å². The quantitative estimate of drug-likeness (QED) is 0.663. The number of imide groups is 1. The maximum atomic E-state index is 12.5. The first-order valence-electron chi connectivity index (χ1n) is 10.6. The first-order valence-corrected chi connectivity index (χ1v) is 11.6. The van der Waals surface area contributed by atoms with Gasteiger partial charge in [-0.1, -0.05) is 11.8 Å². The number of rotatable bonds is 7. The van der Waals surface area contributed by atoms with Crippen LogP contribution in [0.3, 0.4) is 0 Å². The molecule has 4 saturated carbocycles. The summed E-state index contributed by atoms with van der Waals surface area (Å²) in [6.07, 6.45) is 7.20. The number of thioether (sulfide) groups is 1. The van der Waals surface area contributed by atoms with Gasteiger partial charge in [-0.3, -0.25) is 10.1 Å². The summed E-state index contributed by atoms with van der Waals surface area (Å²) in [6.45, 7) is 5.26. The minimum Gasteiger partial charge on any atom is -0.383 e. The molecule has 29 heavy (non-hydrogen) atoms. The van der Waals surface area contributed by atoms with Gasteiger partial charge in [-0.25, -0.2) is 9.78 Å². The summed E-state index contributed by atoms with van der Waals surface area (Å²) in [5.74, 6) is 2.14. The van der Waals surface area contributed by atoms with Crippen molar-refractivity contribution in [3.8, 4) is 0 Å². The second kappa shape index (κ2) is 8.30. The molecule has 160 valence electrons. The van der Waals surface area contributed by atoms with E-state index in [1.54, 1.807) is 7.11 Å². The molecule has 4 bridgehead atoms. The van der Waals surface area contributed by atoms with Crippen LogP contribution in [0, 0.1) is 31.6 Å². The fourth-order valence-corrected chi connectivity index (χ4v) is 6.93. The van der Waals surface area contributed by atoms with E-state index < -0.39 is 0 Å². The highest BCUT2D eigenvalue weighted by atomic mass is 32.2. The third-order valence-electron chi connectivity index (χ3n) is 6.94. The van der Waals surface area contributed by atoms with E-state index in [2.05, 4.69) is 20.2 Å². The number of nitrogens with one attached hydrogen (secondary N) is 2. The maximum absolute atomic E-state index is 12.5. The lowest BCUT2D eigenvalue weighted by atomic mass is 9.53. The highest BCUT2D eigenvalue weighted by molar-refractivity contribution is 7.99. The molecule has 0 aliphatic heterocycles. The molecule has 0 saturated heterocycles. The molecule has 4 fully saturated rings. The van der Waals surface area contributed by atoms with E-state index in [0.29, 0.717) is 13.2 Å². The van der Waals surface area contributed by atoms with Crippen LogP contribution >= 0.6 is 11.8 Å². The van der Waals surface area contributed by atoms with Crippen LogP contribution in [0.1, 0.15) is 49.9 Å². The number of urea groups is 1. The summed E-state index contributed by atoms with van der Waals surface area (Å²) in [4.78, 5) is 29.5. The van der Waals surface area contributed by atoms with E-state index in [4.69, 9.17) is 4.74 Å². The molecule has 0 spiro atoms. The fourth-order valence-electron chi connectivity index (χ4n) is 6.01. The van der Waals surface area contributed by atoms with Crippen LogP contribution in [-0.4, -0.2) is 46.5 Å². The monoisotopic (exact) mass is 420 g/mol. The fraction of sp³-hybridized carbons (Fsp3) is 0.762. The Labute approximate surface area is 176 Å². The van der Waals surface area contributed by atoms with Crippen LogP contribution in [-0.2, 0) is 16.1 Å². The Balaban J connectivity index is 1.29. The van der Waals surface area contributed by atoms with Crippen molar-refractivity contribution in [1.82, 2.24) is 20.2 Å². The predicted molar refractivity (Wildman–Crippen MR) is 112 cm³/mol. The zero-order valence-corrected chi connectivity index (χ0v) is 18.4. The second-order valence-corrected chi connectivity index (χ2v) is 10.1. The van der Waals surface area contributed by atoms with Gasteiger partial charge in [0.15, 0.2) is 5.16 Å². The van der Waals surface area contributed by atoms with Gasteiger partial charge in [0, 0.05) is 24.9 Å². The number of aromatic nitrogens is 2. The summed E-state index contributed by atoms with van der Waals surface area (Å²) in [5, 5.41) is 6.51. The largest absolute Gasteiger partial charge is 0.383 e. The number of amides is 3. The van der Waals surface area contributed by atoms with Crippen LogP contribution < -0.4 is 10.6 Å². The summed E-state index contributed by atoms with van der Waals surface area (Å²) in [5.41, 5.74) is 1.93. The number of imidazole rings is 1. The molecule has 4 aliphatic carbocycles. The van der Waals surface area contributed by atoms with Crippen LogP contribution in [0.15, 0.2) is 5.16 Å². The normalized spacial score (nSPS) is 29.8. The molecule has 1 heterocycles. The Morgan fingerprint density at radius 2 is 1.79 bits per heavy atom. The maximum Gasteiger partial charge on any atom is 0.321 e. The Morgan fingerprint density at radius 3 is 2.38 bits per heavy atom. The Hall–Kier alpha value is -1.54. The number of hydrogen-bond donors (Lipinski definition) is 2. The molecule has 3 amide bonds. The molecule has 0 aromatic carbocycles. The molecule has 0 atom stereocenters. The highest BCUT2D eigenvalue weighted by Gasteiger charge is 2.51. The average Bonchev–Trinajstić information content (AvgIpc) is 2.90. The summed E-state index contributed by atoms with van der Waals surface area (Å²) >= 11 is 1.36. The number of hydrogen-bond acceptors (Lipinski definition) is 5. The van der Waals surface area contributed by atoms with Gasteiger partial charge in [-0.15, -0.1) is 0 Å². The third kappa shape index (κ3) is 4.48. The van der Waals surface area contributed by atoms with Crippen LogP contribution in [0.2, 0.25) is 0 Å². The lowest BCUT2D eigenvalue weighted by Crippen LogP contribution is -2.61. The van der Waals surface area contributed by atoms with Crippen molar-refractivity contribution in [3.05, 3.63) is 11.4 Å². The first kappa shape index (κ1) is 20.7. The average molecular weight is 421 g/mol. The van der Waals surface area contributed by atoms with Gasteiger partial charge < -0.3 is 14.6 Å². The van der Waals surface area contributed by atoms with E-state index in [9.17, 15) is 9.59 Å². The molecule has 8 heteroatoms. The van der Waals surface area contributed by atoms with Crippen LogP contribution in [0.25, 0.3) is 0 Å². The molecule has 0 unspecified atom stereocenters. The molecule has 1 aromatic rings. The summed E-state index contributed by atoms with van der Waals surface area (Å²) in [6, 6.07) is -0.340. The zero-order chi connectivity index (χ0) is 20.6. The highest BCUT2D eigenvalue weighted by Crippen LogP contribution is 2.55. The van der Waals surface area contributed by atoms with Gasteiger partial charge in [0.1, 0.15) is 0 Å². The number of ether oxygens (including phenoxy) is 1. The van der Waals surface area contributed by atoms with E-state index in [1.807, 2.05) is 13.8 Å².